The van der Waals surface area contributed by atoms with E-state index in [0.717, 1.165) is 17.2 Å². The molecule has 1 heterocycles. The fourth-order valence-electron chi connectivity index (χ4n) is 3.93. The van der Waals surface area contributed by atoms with Crippen LogP contribution < -0.4 is 16.2 Å². The van der Waals surface area contributed by atoms with Gasteiger partial charge in [0, 0.05) is 5.56 Å². The van der Waals surface area contributed by atoms with Crippen molar-refractivity contribution in [2.24, 2.45) is 5.73 Å². The molecule has 4 rings (SSSR count). The molecule has 6 nitrogen and oxygen atoms in total. The number of carbonyl (C=O) groups excluding carboxylic acids is 1. The topological polar surface area (TPSA) is 96.2 Å². The summed E-state index contributed by atoms with van der Waals surface area (Å²) >= 11 is 0. The van der Waals surface area contributed by atoms with Gasteiger partial charge in [0.25, 0.3) is 5.91 Å². The smallest absolute Gasteiger partial charge is 0.489 e. The largest absolute Gasteiger partial charge is 0.490 e. The van der Waals surface area contributed by atoms with Crippen LogP contribution in [-0.2, 0) is 12.9 Å². The second-order valence-electron chi connectivity index (χ2n) is 7.68. The van der Waals surface area contributed by atoms with Gasteiger partial charge >= 0.3 is 6.30 Å². The average molecular weight is 454 g/mol. The number of benzene rings is 3. The minimum atomic E-state index is -4.73. The maximum atomic E-state index is 13.6. The maximum absolute atomic E-state index is 13.6. The lowest BCUT2D eigenvalue weighted by Gasteiger charge is -2.19. The van der Waals surface area contributed by atoms with Crippen molar-refractivity contribution < 1.29 is 22.7 Å². The normalized spacial score (nSPS) is 11.7. The monoisotopic (exact) mass is 454 g/mol. The second kappa shape index (κ2) is 8.16. The van der Waals surface area contributed by atoms with Gasteiger partial charge < -0.3 is 16.2 Å². The minimum Gasteiger partial charge on any atom is -0.489 e. The molecule has 0 saturated carbocycles. The quantitative estimate of drug-likeness (QED) is 0.412. The molecule has 4 aromatic rings. The van der Waals surface area contributed by atoms with Gasteiger partial charge in [-0.05, 0) is 48.2 Å². The number of hydrogen-bond acceptors (Lipinski definition) is 4. The van der Waals surface area contributed by atoms with Crippen LogP contribution in [0.4, 0.5) is 18.9 Å². The van der Waals surface area contributed by atoms with Crippen molar-refractivity contribution in [3.8, 4) is 16.9 Å². The number of carbonyl (C=O) groups is 1. The zero-order valence-electron chi connectivity index (χ0n) is 17.9. The molecule has 0 spiro atoms. The molecule has 0 aliphatic rings. The van der Waals surface area contributed by atoms with Gasteiger partial charge in [0.1, 0.15) is 18.7 Å². The fraction of sp³-hybridized carbons (Fsp3) is 0.167. The summed E-state index contributed by atoms with van der Waals surface area (Å²) in [5, 5.41) is 0. The van der Waals surface area contributed by atoms with E-state index < -0.39 is 12.2 Å². The van der Waals surface area contributed by atoms with E-state index in [-0.39, 0.29) is 32.4 Å². The van der Waals surface area contributed by atoms with Gasteiger partial charge in [-0.3, -0.25) is 4.79 Å². The van der Waals surface area contributed by atoms with E-state index in [4.69, 9.17) is 16.2 Å². The van der Waals surface area contributed by atoms with Crippen LogP contribution in [0.1, 0.15) is 27.0 Å². The summed E-state index contributed by atoms with van der Waals surface area (Å²) in [6.45, 7) is 3.89. The molecule has 3 aromatic carbocycles. The third-order valence-electron chi connectivity index (χ3n) is 5.53. The lowest BCUT2D eigenvalue weighted by atomic mass is 9.91. The van der Waals surface area contributed by atoms with Gasteiger partial charge in [0.15, 0.2) is 0 Å². The van der Waals surface area contributed by atoms with Gasteiger partial charge in [-0.2, -0.15) is 0 Å². The van der Waals surface area contributed by atoms with E-state index in [0.29, 0.717) is 29.8 Å². The number of rotatable bonds is 5. The van der Waals surface area contributed by atoms with Crippen LogP contribution in [0.3, 0.4) is 0 Å². The number of hydrogen-bond donors (Lipinski definition) is 2. The highest BCUT2D eigenvalue weighted by atomic mass is 19.4. The molecule has 0 atom stereocenters. The van der Waals surface area contributed by atoms with Gasteiger partial charge in [0.2, 0.25) is 0 Å². The lowest BCUT2D eigenvalue weighted by molar-refractivity contribution is -0.201. The predicted molar refractivity (Wildman–Crippen MR) is 120 cm³/mol. The number of nitrogens with zero attached hydrogens (tertiary/aromatic N) is 2. The van der Waals surface area contributed by atoms with Crippen LogP contribution in [0.5, 0.6) is 5.75 Å². The standard InChI is InChI=1S/C24H21F3N4O2/c1-13-8-9-18(33-11-15-6-4-3-5-7-15)14(2)19(13)20-21(28)16(23(29)32)10-17-22(20)30-12-31(17)24(25,26)27/h3-10,12H,11,28H2,1-2H3,(H2,29,32). The number of ether oxygens (including phenoxy) is 1. The SMILES string of the molecule is Cc1ccc(OCc2ccccc2)c(C)c1-c1c(N)c(C(N)=O)cc2c1ncn2C(F)(F)F. The number of fused-ring (bicyclic) bond motifs is 1. The molecular weight excluding hydrogens is 433 g/mol. The molecule has 0 fully saturated rings. The first-order valence-electron chi connectivity index (χ1n) is 10.0. The van der Waals surface area contributed by atoms with E-state index in [1.165, 1.54) is 0 Å². The van der Waals surface area contributed by atoms with Crippen molar-refractivity contribution in [2.45, 2.75) is 26.8 Å². The van der Waals surface area contributed by atoms with Gasteiger partial charge in [0.05, 0.1) is 22.3 Å². The summed E-state index contributed by atoms with van der Waals surface area (Å²) in [6, 6.07) is 14.1. The molecule has 0 radical (unpaired) electrons. The van der Waals surface area contributed by atoms with Crippen LogP contribution in [0.2, 0.25) is 0 Å². The van der Waals surface area contributed by atoms with Crippen LogP contribution in [0, 0.1) is 13.8 Å². The number of aromatic nitrogens is 2. The summed E-state index contributed by atoms with van der Waals surface area (Å²) in [5.41, 5.74) is 14.3. The Morgan fingerprint density at radius 3 is 2.42 bits per heavy atom. The Kier molecular flexibility index (Phi) is 5.49. The third kappa shape index (κ3) is 3.97. The highest BCUT2D eigenvalue weighted by molar-refractivity contribution is 6.10. The van der Waals surface area contributed by atoms with Crippen LogP contribution in [0.15, 0.2) is 54.9 Å². The van der Waals surface area contributed by atoms with E-state index in [1.807, 2.05) is 30.3 Å². The second-order valence-corrected chi connectivity index (χ2v) is 7.68. The highest BCUT2D eigenvalue weighted by Crippen LogP contribution is 2.43. The Morgan fingerprint density at radius 1 is 1.09 bits per heavy atom. The van der Waals surface area contributed by atoms with Crippen LogP contribution in [0.25, 0.3) is 22.2 Å². The molecule has 0 aliphatic heterocycles. The summed E-state index contributed by atoms with van der Waals surface area (Å²) in [7, 11) is 0. The first-order valence-corrected chi connectivity index (χ1v) is 10.0. The molecule has 170 valence electrons. The van der Waals surface area contributed by atoms with E-state index >= 15 is 0 Å². The van der Waals surface area contributed by atoms with Gasteiger partial charge in [-0.1, -0.05) is 36.4 Å². The summed E-state index contributed by atoms with van der Waals surface area (Å²) in [4.78, 5) is 16.0. The predicted octanol–water partition coefficient (Wildman–Crippen LogP) is 5.06. The summed E-state index contributed by atoms with van der Waals surface area (Å²) < 4.78 is 46.7. The Bertz CT molecular complexity index is 1360. The zero-order valence-corrected chi connectivity index (χ0v) is 17.9. The molecule has 1 aromatic heterocycles. The number of aryl methyl sites for hydroxylation is 1. The molecule has 0 unspecified atom stereocenters. The fourth-order valence-corrected chi connectivity index (χ4v) is 3.93. The molecule has 0 aliphatic carbocycles. The van der Waals surface area contributed by atoms with Crippen molar-refractivity contribution in [1.82, 2.24) is 9.55 Å². The number of alkyl halides is 3. The van der Waals surface area contributed by atoms with E-state index in [2.05, 4.69) is 4.98 Å². The van der Waals surface area contributed by atoms with Gasteiger partial charge in [-0.15, -0.1) is 13.2 Å². The molecule has 1 amide bonds. The molecule has 0 saturated heterocycles. The molecule has 0 bridgehead atoms. The molecular formula is C24H21F3N4O2. The first-order chi connectivity index (χ1) is 15.6. The number of amides is 1. The third-order valence-corrected chi connectivity index (χ3v) is 5.53. The summed E-state index contributed by atoms with van der Waals surface area (Å²) in [6.07, 6.45) is -4.07. The Morgan fingerprint density at radius 2 is 1.79 bits per heavy atom. The van der Waals surface area contributed by atoms with Crippen LogP contribution >= 0.6 is 0 Å². The van der Waals surface area contributed by atoms with Crippen molar-refractivity contribution >= 4 is 22.6 Å². The van der Waals surface area contributed by atoms with E-state index in [9.17, 15) is 18.0 Å². The van der Waals surface area contributed by atoms with Crippen LogP contribution in [-0.4, -0.2) is 15.5 Å². The number of halogens is 3. The lowest BCUT2D eigenvalue weighted by Crippen LogP contribution is -2.17. The van der Waals surface area contributed by atoms with Crippen molar-refractivity contribution in [3.63, 3.8) is 0 Å². The number of nitrogens with two attached hydrogens (primary N) is 2. The maximum Gasteiger partial charge on any atom is 0.490 e. The van der Waals surface area contributed by atoms with Crippen molar-refractivity contribution in [3.05, 3.63) is 77.1 Å². The Hall–Kier alpha value is -4.01. The summed E-state index contributed by atoms with van der Waals surface area (Å²) in [5.74, 6) is -0.399. The van der Waals surface area contributed by atoms with Crippen molar-refractivity contribution in [1.29, 1.82) is 0 Å². The highest BCUT2D eigenvalue weighted by Gasteiger charge is 2.34. The molecule has 33 heavy (non-hydrogen) atoms. The van der Waals surface area contributed by atoms with Gasteiger partial charge in [-0.25, -0.2) is 9.55 Å². The Balaban J connectivity index is 1.94. The minimum absolute atomic E-state index is 0.0150. The first kappa shape index (κ1) is 22.2. The van der Waals surface area contributed by atoms with E-state index in [1.54, 1.807) is 26.0 Å². The zero-order chi connectivity index (χ0) is 23.9. The number of imidazole rings is 1. The number of anilines is 1. The Labute approximate surface area is 187 Å². The number of primary amides is 1. The number of nitrogen functional groups attached to an aromatic ring is 1. The molecule has 4 N–H and O–H groups in total. The van der Waals surface area contributed by atoms with Crippen molar-refractivity contribution in [2.75, 3.05) is 5.73 Å². The molecule has 9 heteroatoms. The average Bonchev–Trinajstić information content (AvgIpc) is 3.19.